The topological polar surface area (TPSA) is 0 Å². The van der Waals surface area contributed by atoms with Gasteiger partial charge in [-0.15, -0.1) is 8.09 Å². The molecule has 0 heterocycles. The van der Waals surface area contributed by atoms with Gasteiger partial charge in [0.15, 0.2) is 0 Å². The first-order chi connectivity index (χ1) is 15.5. The Morgan fingerprint density at radius 1 is 0.781 bits per heavy atom. The molecule has 160 valence electrons. The van der Waals surface area contributed by atoms with E-state index in [1.54, 1.807) is 10.4 Å². The van der Waals surface area contributed by atoms with Gasteiger partial charge in [-0.3, -0.25) is 0 Å². The SMILES string of the molecule is CC1CC2CC=c3ccccc3=C2[CH]1[Mg][CH]1C2=c3ccccc3=CCC2C(=[Si](C)C)C1C. The zero-order chi connectivity index (χ0) is 22.0. The first-order valence-electron chi connectivity index (χ1n) is 12.8. The van der Waals surface area contributed by atoms with Crippen molar-refractivity contribution in [2.24, 2.45) is 23.7 Å². The first kappa shape index (κ1) is 21.3. The highest BCUT2D eigenvalue weighted by molar-refractivity contribution is 6.71. The van der Waals surface area contributed by atoms with E-state index in [2.05, 4.69) is 87.6 Å². The predicted molar refractivity (Wildman–Crippen MR) is 142 cm³/mol. The molecule has 0 saturated heterocycles. The molecule has 2 aromatic rings. The van der Waals surface area contributed by atoms with Crippen LogP contribution in [-0.4, -0.2) is 33.9 Å². The van der Waals surface area contributed by atoms with Crippen molar-refractivity contribution in [3.8, 4) is 0 Å². The molecule has 6 unspecified atom stereocenters. The average molecular weight is 447 g/mol. The molecule has 4 aliphatic rings. The smallest absolute Gasteiger partial charge is 0.111 e. The highest BCUT2D eigenvalue weighted by Crippen LogP contribution is 2.53. The van der Waals surface area contributed by atoms with E-state index in [1.165, 1.54) is 29.7 Å². The lowest BCUT2D eigenvalue weighted by Gasteiger charge is -2.27. The van der Waals surface area contributed by atoms with Gasteiger partial charge in [0, 0.05) is 8.41 Å². The summed E-state index contributed by atoms with van der Waals surface area (Å²) < 4.78 is 1.72. The Kier molecular flexibility index (Phi) is 5.47. The Balaban J connectivity index is 1.52. The van der Waals surface area contributed by atoms with Crippen LogP contribution in [0.4, 0.5) is 0 Å². The van der Waals surface area contributed by atoms with Gasteiger partial charge in [0.25, 0.3) is 0 Å². The van der Waals surface area contributed by atoms with Crippen molar-refractivity contribution in [2.45, 2.75) is 54.3 Å². The standard InChI is InChI=1S/C16H19Si.C14H15.Mg/c1-11-10-15-13-7-5-4-6-12(13)8-9-14(15)16(11)17(2)3;1-10-8-12-7-6-11-4-2-3-5-13(11)14(12)9-10;/h4-8,10-11,14H,9H2,1-3H3;2-6,9-10,12H,7-8H2,1H3;. The zero-order valence-corrected chi connectivity index (χ0v) is 22.5. The van der Waals surface area contributed by atoms with E-state index in [4.69, 9.17) is 0 Å². The molecule has 0 aromatic heterocycles. The second kappa shape index (κ2) is 8.22. The number of hydrogen-bond donors (Lipinski definition) is 0. The number of fused-ring (bicyclic) bond motifs is 4. The van der Waals surface area contributed by atoms with Crippen LogP contribution in [0.5, 0.6) is 0 Å². The predicted octanol–water partition coefficient (Wildman–Crippen LogP) is 3.77. The van der Waals surface area contributed by atoms with Gasteiger partial charge < -0.3 is 0 Å². The average Bonchev–Trinajstić information content (AvgIpc) is 3.27. The van der Waals surface area contributed by atoms with E-state index >= 15 is 0 Å². The monoisotopic (exact) mass is 446 g/mol. The molecular formula is C30H34MgSi. The fourth-order valence-electron chi connectivity index (χ4n) is 8.02. The minimum absolute atomic E-state index is 0.311. The Hall–Kier alpha value is -1.23. The summed E-state index contributed by atoms with van der Waals surface area (Å²) in [5.74, 6) is 3.20. The first-order valence-corrected chi connectivity index (χ1v) is 16.9. The summed E-state index contributed by atoms with van der Waals surface area (Å²) in [5, 5.41) is 8.19. The van der Waals surface area contributed by atoms with Crippen molar-refractivity contribution in [2.75, 3.05) is 0 Å². The fraction of sp³-hybridized carbons (Fsp3) is 0.433. The lowest BCUT2D eigenvalue weighted by atomic mass is 9.91. The largest absolute Gasteiger partial charge is 0.387 e. The van der Waals surface area contributed by atoms with Gasteiger partial charge in [-0.05, 0) is 57.9 Å². The second-order valence-corrected chi connectivity index (χ2v) is 15.9. The van der Waals surface area contributed by atoms with E-state index in [-0.39, 0.29) is 20.4 Å². The van der Waals surface area contributed by atoms with E-state index in [0.717, 1.165) is 31.8 Å². The Bertz CT molecular complexity index is 1360. The summed E-state index contributed by atoms with van der Waals surface area (Å²) in [5.41, 5.74) is 3.74. The van der Waals surface area contributed by atoms with Crippen molar-refractivity contribution >= 4 is 57.2 Å². The van der Waals surface area contributed by atoms with Crippen molar-refractivity contribution in [1.82, 2.24) is 0 Å². The third-order valence-electron chi connectivity index (χ3n) is 9.25. The molecule has 2 saturated carbocycles. The van der Waals surface area contributed by atoms with Crippen LogP contribution in [0.15, 0.2) is 48.5 Å². The highest BCUT2D eigenvalue weighted by Gasteiger charge is 2.46. The maximum atomic E-state index is 2.61. The van der Waals surface area contributed by atoms with Crippen LogP contribution >= 0.6 is 0 Å². The molecule has 4 aliphatic carbocycles. The normalized spacial score (nSPS) is 32.2. The van der Waals surface area contributed by atoms with Crippen LogP contribution in [0, 0.1) is 23.7 Å². The zero-order valence-electron chi connectivity index (χ0n) is 20.1. The van der Waals surface area contributed by atoms with Gasteiger partial charge >= 0.3 is 20.4 Å². The number of benzene rings is 2. The molecule has 2 heteroatoms. The molecule has 0 radical (unpaired) electrons. The maximum absolute atomic E-state index is 2.61. The van der Waals surface area contributed by atoms with Gasteiger partial charge in [-0.25, -0.2) is 0 Å². The van der Waals surface area contributed by atoms with E-state index < -0.39 is 8.41 Å². The van der Waals surface area contributed by atoms with E-state index in [1.807, 2.05) is 16.3 Å². The van der Waals surface area contributed by atoms with Gasteiger partial charge in [0.1, 0.15) is 0 Å². The van der Waals surface area contributed by atoms with Crippen LogP contribution in [-0.2, 0) is 0 Å². The summed E-state index contributed by atoms with van der Waals surface area (Å²) in [6.07, 6.45) is 9.00. The molecule has 0 spiro atoms. The Morgan fingerprint density at radius 2 is 1.41 bits per heavy atom. The molecule has 2 aromatic carbocycles. The number of hydrogen-bond acceptors (Lipinski definition) is 0. The van der Waals surface area contributed by atoms with Crippen molar-refractivity contribution in [3.05, 3.63) is 69.4 Å². The molecule has 0 amide bonds. The second-order valence-electron chi connectivity index (χ2n) is 11.1. The van der Waals surface area contributed by atoms with Crippen LogP contribution in [0.3, 0.4) is 0 Å². The summed E-state index contributed by atoms with van der Waals surface area (Å²) in [7, 11) is -0.395. The minimum Gasteiger partial charge on any atom is -0.111 e. The van der Waals surface area contributed by atoms with Gasteiger partial charge in [-0.2, -0.15) is 0 Å². The Labute approximate surface area is 203 Å². The quantitative estimate of drug-likeness (QED) is 0.616. The van der Waals surface area contributed by atoms with Crippen LogP contribution in [0.2, 0.25) is 21.2 Å². The molecule has 0 N–H and O–H groups in total. The van der Waals surface area contributed by atoms with Crippen LogP contribution < -0.4 is 20.9 Å². The maximum Gasteiger partial charge on any atom is 0.387 e. The molecule has 0 bridgehead atoms. The lowest BCUT2D eigenvalue weighted by Crippen LogP contribution is -2.35. The number of rotatable bonds is 2. The third-order valence-corrected chi connectivity index (χ3v) is 14.6. The Morgan fingerprint density at radius 3 is 2.09 bits per heavy atom. The molecule has 32 heavy (non-hydrogen) atoms. The molecular weight excluding hydrogens is 413 g/mol. The van der Waals surface area contributed by atoms with Crippen LogP contribution in [0.1, 0.15) is 33.1 Å². The summed E-state index contributed by atoms with van der Waals surface area (Å²) in [6, 6.07) is 18.6. The van der Waals surface area contributed by atoms with Gasteiger partial charge in [0.05, 0.1) is 0 Å². The van der Waals surface area contributed by atoms with Crippen molar-refractivity contribution in [1.29, 1.82) is 0 Å². The van der Waals surface area contributed by atoms with Gasteiger partial charge in [-0.1, -0.05) is 110 Å². The van der Waals surface area contributed by atoms with Crippen LogP contribution in [0.25, 0.3) is 23.3 Å². The van der Waals surface area contributed by atoms with Crippen molar-refractivity contribution < 1.29 is 0 Å². The molecule has 6 atom stereocenters. The van der Waals surface area contributed by atoms with Crippen molar-refractivity contribution in [3.63, 3.8) is 0 Å². The molecule has 2 fully saturated rings. The summed E-state index contributed by atoms with van der Waals surface area (Å²) in [4.78, 5) is 0. The lowest BCUT2D eigenvalue weighted by molar-refractivity contribution is 0.545. The molecule has 6 rings (SSSR count). The molecule has 0 nitrogen and oxygen atoms in total. The molecule has 0 aliphatic heterocycles. The summed E-state index contributed by atoms with van der Waals surface area (Å²) >= 11 is -0.311. The summed E-state index contributed by atoms with van der Waals surface area (Å²) in [6.45, 7) is 10.3. The highest BCUT2D eigenvalue weighted by atomic mass is 28.2. The third kappa shape index (κ3) is 3.24. The van der Waals surface area contributed by atoms with E-state index in [0.29, 0.717) is 0 Å². The van der Waals surface area contributed by atoms with Gasteiger partial charge in [0.2, 0.25) is 0 Å². The minimum atomic E-state index is -0.395. The van der Waals surface area contributed by atoms with E-state index in [9.17, 15) is 0 Å². The fourth-order valence-corrected chi connectivity index (χ4v) is 13.8.